The third-order valence-corrected chi connectivity index (χ3v) is 12.8. The molecule has 0 aliphatic carbocycles. The van der Waals surface area contributed by atoms with Crippen molar-refractivity contribution in [2.45, 2.75) is 38.7 Å². The highest BCUT2D eigenvalue weighted by atomic mass is 35.5. The Labute approximate surface area is 426 Å². The Kier molecular flexibility index (Phi) is 16.0. The van der Waals surface area contributed by atoms with E-state index in [9.17, 15) is 5.11 Å². The normalized spacial score (nSPS) is 16.2. The third kappa shape index (κ3) is 12.2. The van der Waals surface area contributed by atoms with E-state index in [-0.39, 0.29) is 17.7 Å². The van der Waals surface area contributed by atoms with Crippen LogP contribution in [0.2, 0.25) is 5.28 Å². The van der Waals surface area contributed by atoms with Gasteiger partial charge in [-0.05, 0) is 126 Å². The maximum Gasteiger partial charge on any atom is 0.226 e. The Balaban J connectivity index is 0.000000136. The fraction of sp³-hybridized carbons (Fsp3) is 0.196. The summed E-state index contributed by atoms with van der Waals surface area (Å²) in [4.78, 5) is 30.4. The molecule has 8 aromatic rings. The van der Waals surface area contributed by atoms with E-state index < -0.39 is 18.4 Å². The molecule has 1 saturated heterocycles. The summed E-state index contributed by atoms with van der Waals surface area (Å²) in [5.41, 5.74) is 18.6. The number of hydrogen-bond donors (Lipinski definition) is 5. The summed E-state index contributed by atoms with van der Waals surface area (Å²) in [7, 11) is 0. The van der Waals surface area contributed by atoms with Gasteiger partial charge in [0.2, 0.25) is 5.28 Å². The van der Waals surface area contributed by atoms with Crippen molar-refractivity contribution in [1.82, 2.24) is 44.4 Å². The summed E-state index contributed by atoms with van der Waals surface area (Å²) < 4.78 is 13.1. The van der Waals surface area contributed by atoms with Crippen LogP contribution < -0.4 is 10.5 Å². The number of H-pyrrole nitrogens is 2. The first-order chi connectivity index (χ1) is 35.1. The second-order valence-electron chi connectivity index (χ2n) is 17.0. The number of nitrogens with zero attached hydrogens (tertiary/aromatic N) is 7. The average molecular weight is 1000 g/mol. The van der Waals surface area contributed by atoms with Crippen molar-refractivity contribution in [3.63, 3.8) is 0 Å². The number of halogens is 2. The number of likely N-dealkylation sites (N-methyl/N-ethyl adjacent to an activating group) is 1. The van der Waals surface area contributed by atoms with Crippen molar-refractivity contribution in [1.29, 1.82) is 0 Å². The molecule has 6 N–H and O–H groups in total. The van der Waals surface area contributed by atoms with E-state index in [0.717, 1.165) is 97.5 Å². The molecule has 0 amide bonds. The van der Waals surface area contributed by atoms with Crippen LogP contribution in [0.15, 0.2) is 140 Å². The smallest absolute Gasteiger partial charge is 0.226 e. The number of fused-ring (bicyclic) bond motifs is 9. The number of aromatic nitrogens is 8. The maximum absolute atomic E-state index is 9.74. The van der Waals surface area contributed by atoms with E-state index in [1.165, 1.54) is 6.33 Å². The number of imidazole rings is 1. The summed E-state index contributed by atoms with van der Waals surface area (Å²) in [6.07, 6.45) is 8.06. The Morgan fingerprint density at radius 1 is 0.722 bits per heavy atom. The average Bonchev–Trinajstić information content (AvgIpc) is 4.29. The lowest BCUT2D eigenvalue weighted by Gasteiger charge is -2.18. The molecule has 11 rings (SSSR count). The number of aliphatic hydroxyl groups excluding tert-OH is 2. The lowest BCUT2D eigenvalue weighted by atomic mass is 9.95. The van der Waals surface area contributed by atoms with Gasteiger partial charge in [0.15, 0.2) is 11.5 Å². The van der Waals surface area contributed by atoms with Crippen LogP contribution >= 0.6 is 23.2 Å². The van der Waals surface area contributed by atoms with Crippen molar-refractivity contribution in [2.24, 2.45) is 0 Å². The number of aromatic amines is 2. The number of nitrogens with one attached hydrogen (secondary N) is 2. The van der Waals surface area contributed by atoms with E-state index in [1.54, 1.807) is 4.57 Å². The predicted octanol–water partition coefficient (Wildman–Crippen LogP) is 10.9. The summed E-state index contributed by atoms with van der Waals surface area (Å²) >= 11 is 12.6. The number of anilines is 1. The Morgan fingerprint density at radius 3 is 1.82 bits per heavy atom. The van der Waals surface area contributed by atoms with Crippen molar-refractivity contribution < 1.29 is 19.7 Å². The highest BCUT2D eigenvalue weighted by molar-refractivity contribution is 6.53. The summed E-state index contributed by atoms with van der Waals surface area (Å²) in [5, 5.41) is 19.6. The number of rotatable bonds is 11. The fourth-order valence-corrected chi connectivity index (χ4v) is 8.93. The zero-order valence-electron chi connectivity index (χ0n) is 39.7. The van der Waals surface area contributed by atoms with Gasteiger partial charge in [-0.25, -0.2) is 15.0 Å². The zero-order chi connectivity index (χ0) is 50.0. The SMILES string of the molecule is C1=Cc2cc3ccc(cc4ccc(cc5nc(cc1n2)C=C5)[nH]4)[nH]3.CCN(CC)CCOc1ccc(/C(=C(\Cl)c2ccccc2)c2ccccc2)cc1.Nc1nc(Cl)nc2c1ncn2[C@H]1C[C@H](O)[C@@H](CO)O1. The van der Waals surface area contributed by atoms with Gasteiger partial charge in [0, 0.05) is 40.6 Å². The molecule has 5 aromatic heterocycles. The molecule has 366 valence electrons. The lowest BCUT2D eigenvalue weighted by molar-refractivity contribution is -0.0432. The molecule has 0 saturated carbocycles. The van der Waals surface area contributed by atoms with Crippen LogP contribution in [0.3, 0.4) is 0 Å². The van der Waals surface area contributed by atoms with Crippen LogP contribution in [-0.4, -0.2) is 99.6 Å². The largest absolute Gasteiger partial charge is 0.492 e. The predicted molar refractivity (Wildman–Crippen MR) is 290 cm³/mol. The van der Waals surface area contributed by atoms with Gasteiger partial charge in [-0.2, -0.15) is 9.97 Å². The summed E-state index contributed by atoms with van der Waals surface area (Å²) in [5.74, 6) is 1.06. The molecule has 8 bridgehead atoms. The van der Waals surface area contributed by atoms with Crippen molar-refractivity contribution in [2.75, 3.05) is 38.6 Å². The van der Waals surface area contributed by atoms with E-state index in [4.69, 9.17) is 43.5 Å². The van der Waals surface area contributed by atoms with E-state index in [2.05, 4.69) is 108 Å². The molecule has 3 aliphatic rings. The van der Waals surface area contributed by atoms with E-state index >= 15 is 0 Å². The quantitative estimate of drug-likeness (QED) is 0.0612. The molecule has 3 aromatic carbocycles. The number of hydrogen-bond acceptors (Lipinski definition) is 11. The first-order valence-electron chi connectivity index (χ1n) is 23.7. The van der Waals surface area contributed by atoms with Crippen molar-refractivity contribution >= 4 is 97.2 Å². The number of nitrogen functional groups attached to an aromatic ring is 1. The van der Waals surface area contributed by atoms with Crippen molar-refractivity contribution in [3.05, 3.63) is 185 Å². The monoisotopic (exact) mass is 1000 g/mol. The highest BCUT2D eigenvalue weighted by Crippen LogP contribution is 2.36. The molecule has 16 heteroatoms. The Morgan fingerprint density at radius 2 is 1.26 bits per heavy atom. The summed E-state index contributed by atoms with van der Waals surface area (Å²) in [6, 6.07) is 45.0. The Bertz CT molecular complexity index is 3300. The topological polar surface area (TPSA) is 189 Å². The number of aliphatic hydroxyl groups is 2. The molecule has 0 spiro atoms. The van der Waals surface area contributed by atoms with Gasteiger partial charge in [-0.3, -0.25) is 4.57 Å². The highest BCUT2D eigenvalue weighted by Gasteiger charge is 2.35. The van der Waals surface area contributed by atoms with E-state index in [1.807, 2.05) is 103 Å². The van der Waals surface area contributed by atoms with Gasteiger partial charge in [0.05, 0.1) is 46.8 Å². The molecule has 72 heavy (non-hydrogen) atoms. The molecule has 3 atom stereocenters. The van der Waals surface area contributed by atoms with Gasteiger partial charge in [0.1, 0.15) is 30.2 Å². The Hall–Kier alpha value is -7.43. The van der Waals surface area contributed by atoms with Crippen LogP contribution in [0, 0.1) is 0 Å². The molecule has 14 nitrogen and oxygen atoms in total. The minimum Gasteiger partial charge on any atom is -0.492 e. The fourth-order valence-electron chi connectivity index (χ4n) is 8.42. The van der Waals surface area contributed by atoms with Crippen LogP contribution in [0.1, 0.15) is 66.0 Å². The van der Waals surface area contributed by atoms with Crippen LogP contribution in [0.4, 0.5) is 5.82 Å². The van der Waals surface area contributed by atoms with Crippen LogP contribution in [0.5, 0.6) is 5.75 Å². The van der Waals surface area contributed by atoms with E-state index in [0.29, 0.717) is 24.2 Å². The van der Waals surface area contributed by atoms with Crippen molar-refractivity contribution in [3.8, 4) is 5.75 Å². The lowest BCUT2D eigenvalue weighted by Crippen LogP contribution is -2.27. The number of benzene rings is 3. The molecular weight excluding hydrogens is 948 g/mol. The van der Waals surface area contributed by atoms with Crippen LogP contribution in [-0.2, 0) is 4.74 Å². The first kappa shape index (κ1) is 49.5. The van der Waals surface area contributed by atoms with Crippen LogP contribution in [0.25, 0.3) is 68.1 Å². The van der Waals surface area contributed by atoms with Gasteiger partial charge in [-0.15, -0.1) is 0 Å². The first-order valence-corrected chi connectivity index (χ1v) is 24.5. The number of nitrogens with two attached hydrogens (primary N) is 1. The zero-order valence-corrected chi connectivity index (χ0v) is 41.2. The van der Waals surface area contributed by atoms with Gasteiger partial charge < -0.3 is 40.3 Å². The second kappa shape index (κ2) is 23.2. The molecule has 0 radical (unpaired) electrons. The minimum atomic E-state index is -0.734. The molecule has 8 heterocycles. The molecule has 0 unspecified atom stereocenters. The van der Waals surface area contributed by atoms with Gasteiger partial charge in [0.25, 0.3) is 0 Å². The molecule has 1 fully saturated rings. The third-order valence-electron chi connectivity index (χ3n) is 12.2. The van der Waals surface area contributed by atoms with Gasteiger partial charge >= 0.3 is 0 Å². The molecular formula is C56H54Cl2N10O4. The second-order valence-corrected chi connectivity index (χ2v) is 17.8. The minimum absolute atomic E-state index is 0.0176. The number of ether oxygens (including phenoxy) is 2. The molecule has 3 aliphatic heterocycles. The standard InChI is InChI=1S/C26H28ClNO.C20H14N4.C10H12ClN5O3/c1-3-28(4-2)19-20-29-24-17-15-22(16-18-24)25(21-11-7-5-8-12-21)26(27)23-13-9-6-10-14-23;1-2-14-10-16-5-6-18(23-16)12-20-8-7-19(24-20)11-17-4-3-15(22-17)9-13(1)21-14;11-10-14-8(12)7-9(15-10)16(3-13-7)6-1-4(18)5(2-17)19-6/h5-18H,3-4,19-20H2,1-2H3;1-12,21-22H;3-6,17-18H,1-2H2,(H2,12,14,15)/b26-25-;;/t;;4-,5+,6+/m..0/s1. The summed E-state index contributed by atoms with van der Waals surface area (Å²) in [6.45, 7) is 7.81. The van der Waals surface area contributed by atoms with Gasteiger partial charge in [-0.1, -0.05) is 98.2 Å². The maximum atomic E-state index is 9.74.